The van der Waals surface area contributed by atoms with Crippen LogP contribution in [0, 0.1) is 13.8 Å². The van der Waals surface area contributed by atoms with Gasteiger partial charge in [-0.3, -0.25) is 9.59 Å². The van der Waals surface area contributed by atoms with E-state index in [1.54, 1.807) is 58.0 Å². The fourth-order valence-electron chi connectivity index (χ4n) is 6.21. The van der Waals surface area contributed by atoms with Gasteiger partial charge in [-0.2, -0.15) is 0 Å². The third-order valence-electron chi connectivity index (χ3n) is 9.44. The topological polar surface area (TPSA) is 126 Å². The first-order chi connectivity index (χ1) is 28.6. The molecule has 0 aliphatic carbocycles. The van der Waals surface area contributed by atoms with E-state index in [-0.39, 0.29) is 17.3 Å². The maximum absolute atomic E-state index is 13.4. The monoisotopic (exact) mass is 797 g/mol. The number of anilines is 3. The molecule has 0 bridgehead atoms. The lowest BCUT2D eigenvalue weighted by molar-refractivity contribution is 0.103. The van der Waals surface area contributed by atoms with Crippen molar-refractivity contribution in [3.8, 4) is 28.7 Å². The van der Waals surface area contributed by atoms with Crippen LogP contribution in [0.4, 0.5) is 17.1 Å². The van der Waals surface area contributed by atoms with Crippen molar-refractivity contribution in [2.24, 2.45) is 0 Å². The van der Waals surface area contributed by atoms with Crippen molar-refractivity contribution in [2.75, 3.05) is 51.7 Å². The Morgan fingerprint density at radius 3 is 1.90 bits per heavy atom. The van der Waals surface area contributed by atoms with Gasteiger partial charge >= 0.3 is 0 Å². The van der Waals surface area contributed by atoms with Gasteiger partial charge in [0.25, 0.3) is 0 Å². The van der Waals surface area contributed by atoms with Crippen LogP contribution in [-0.4, -0.2) is 47.1 Å². The first kappa shape index (κ1) is 43.1. The van der Waals surface area contributed by atoms with Crippen molar-refractivity contribution in [1.82, 2.24) is 0 Å². The fraction of sp³-hybridized carbons (Fsp3) is 0.208. The molecule has 5 rings (SSSR count). The zero-order chi connectivity index (χ0) is 42.3. The van der Waals surface area contributed by atoms with Crippen LogP contribution in [0.15, 0.2) is 109 Å². The molecule has 0 saturated heterocycles. The van der Waals surface area contributed by atoms with E-state index in [9.17, 15) is 9.59 Å². The number of ether oxygens (including phenoxy) is 5. The zero-order valence-corrected chi connectivity index (χ0v) is 34.7. The van der Waals surface area contributed by atoms with E-state index in [1.165, 1.54) is 26.4 Å². The van der Waals surface area contributed by atoms with Gasteiger partial charge in [0.15, 0.2) is 23.1 Å². The number of benzene rings is 5. The quantitative estimate of drug-likeness (QED) is 0.0302. The second-order valence-corrected chi connectivity index (χ2v) is 13.4. The molecule has 11 heteroatoms. The molecule has 0 amide bonds. The minimum absolute atomic E-state index is 0.111. The van der Waals surface area contributed by atoms with Gasteiger partial charge in [-0.15, -0.1) is 0 Å². The van der Waals surface area contributed by atoms with E-state index in [4.69, 9.17) is 28.5 Å². The van der Waals surface area contributed by atoms with Crippen molar-refractivity contribution in [3.05, 3.63) is 154 Å². The van der Waals surface area contributed by atoms with Gasteiger partial charge in [-0.25, -0.2) is 5.48 Å². The molecule has 5 aromatic carbocycles. The number of nitrogens with one attached hydrogen (secondary N) is 3. The lowest BCUT2D eigenvalue weighted by Gasteiger charge is -2.17. The highest BCUT2D eigenvalue weighted by molar-refractivity contribution is 6.08. The molecule has 59 heavy (non-hydrogen) atoms. The first-order valence-corrected chi connectivity index (χ1v) is 19.0. The predicted octanol–water partition coefficient (Wildman–Crippen LogP) is 10.2. The van der Waals surface area contributed by atoms with Crippen molar-refractivity contribution in [1.29, 1.82) is 0 Å². The summed E-state index contributed by atoms with van der Waals surface area (Å²) in [7, 11) is 7.96. The number of para-hydroxylation sites is 1. The van der Waals surface area contributed by atoms with Crippen molar-refractivity contribution in [3.63, 3.8) is 0 Å². The van der Waals surface area contributed by atoms with E-state index in [1.807, 2.05) is 86.7 Å². The van der Waals surface area contributed by atoms with Crippen LogP contribution in [0.1, 0.15) is 61.0 Å². The molecule has 0 spiro atoms. The van der Waals surface area contributed by atoms with Crippen LogP contribution in [0.2, 0.25) is 0 Å². The van der Waals surface area contributed by atoms with Gasteiger partial charge in [0, 0.05) is 65.8 Å². The Labute approximate surface area is 346 Å². The maximum Gasteiger partial charge on any atom is 0.238 e. The highest BCUT2D eigenvalue weighted by atomic mass is 16.7. The molecule has 0 aliphatic rings. The highest BCUT2D eigenvalue weighted by Gasteiger charge is 2.17. The lowest BCUT2D eigenvalue weighted by Crippen LogP contribution is -2.11. The Bertz CT molecular complexity index is 2320. The van der Waals surface area contributed by atoms with Crippen LogP contribution in [0.5, 0.6) is 28.7 Å². The first-order valence-electron chi connectivity index (χ1n) is 19.0. The number of ketones is 2. The minimum Gasteiger partial charge on any atom is -0.496 e. The minimum atomic E-state index is -0.251. The summed E-state index contributed by atoms with van der Waals surface area (Å²) in [6.07, 6.45) is 10.8. The number of hydrogen-bond acceptors (Lipinski definition) is 11. The van der Waals surface area contributed by atoms with Crippen molar-refractivity contribution < 1.29 is 38.1 Å². The van der Waals surface area contributed by atoms with Crippen LogP contribution in [0.25, 0.3) is 12.2 Å². The van der Waals surface area contributed by atoms with Gasteiger partial charge in [-0.05, 0) is 85.0 Å². The third-order valence-corrected chi connectivity index (χ3v) is 9.44. The molecule has 0 atom stereocenters. The molecule has 0 unspecified atom stereocenters. The number of methoxy groups -OCH3 is 5. The van der Waals surface area contributed by atoms with Crippen LogP contribution >= 0.6 is 0 Å². The summed E-state index contributed by atoms with van der Waals surface area (Å²) in [5.41, 5.74) is 11.5. The van der Waals surface area contributed by atoms with Crippen LogP contribution < -0.4 is 39.9 Å². The summed E-state index contributed by atoms with van der Waals surface area (Å²) >= 11 is 0. The van der Waals surface area contributed by atoms with E-state index in [0.29, 0.717) is 34.9 Å². The summed E-state index contributed by atoms with van der Waals surface area (Å²) in [5, 5.41) is 6.47. The molecule has 5 aromatic rings. The standard InChI is InChI=1S/C48H51N3O8/c1-9-34-27-36(41(29-45(34)56-6)50-22-20-42(52)35-17-14-31(2)15-18-35)19-16-33-25-46(57-7)48(47(26-33)58-8)59-51-39-13-11-10-12-38(39)43(53)21-23-49-40-28-37(30-54-4)44(55-5)24-32(40)3/h10-29,49-51H,9,30H2,1-8H3/b19-16-,22-20-,23-21-. The Hall–Kier alpha value is -6.98. The van der Waals surface area contributed by atoms with E-state index < -0.39 is 0 Å². The van der Waals surface area contributed by atoms with E-state index in [0.717, 1.165) is 62.7 Å². The number of hydrogen-bond donors (Lipinski definition) is 3. The number of carbonyl (C=O) groups is 2. The average molecular weight is 798 g/mol. The number of rotatable bonds is 20. The number of aryl methyl sites for hydroxylation is 3. The van der Waals surface area contributed by atoms with Crippen LogP contribution in [0.3, 0.4) is 0 Å². The van der Waals surface area contributed by atoms with Gasteiger partial charge < -0.3 is 39.2 Å². The lowest BCUT2D eigenvalue weighted by atomic mass is 10.0. The molecule has 0 fully saturated rings. The van der Waals surface area contributed by atoms with Gasteiger partial charge in [-0.1, -0.05) is 61.0 Å². The molecule has 306 valence electrons. The molecule has 0 saturated carbocycles. The summed E-state index contributed by atoms with van der Waals surface area (Å²) in [6, 6.07) is 25.9. The molecule has 0 heterocycles. The summed E-state index contributed by atoms with van der Waals surface area (Å²) in [6.45, 7) is 6.38. The maximum atomic E-state index is 13.4. The normalized spacial score (nSPS) is 11.2. The number of carbonyl (C=O) groups excluding carboxylic acids is 2. The van der Waals surface area contributed by atoms with E-state index >= 15 is 0 Å². The predicted molar refractivity (Wildman–Crippen MR) is 235 cm³/mol. The number of allylic oxidation sites excluding steroid dienone is 2. The van der Waals surface area contributed by atoms with Crippen molar-refractivity contribution >= 4 is 40.8 Å². The van der Waals surface area contributed by atoms with Gasteiger partial charge in [0.2, 0.25) is 5.75 Å². The SMILES string of the molecule is CCc1cc(/C=C\c2cc(OC)c(ONc3ccccc3C(=O)/C=C\Nc3cc(COC)c(OC)cc3C)c(OC)c2)c(N/C=C\C(=O)c2ccc(C)cc2)cc1OC. The molecule has 11 nitrogen and oxygen atoms in total. The second-order valence-electron chi connectivity index (χ2n) is 13.4. The third kappa shape index (κ3) is 11.1. The van der Waals surface area contributed by atoms with Crippen molar-refractivity contribution in [2.45, 2.75) is 33.8 Å². The average Bonchev–Trinajstić information content (AvgIpc) is 3.25. The molecular formula is C48H51N3O8. The second kappa shape index (κ2) is 21.0. The molecule has 0 aromatic heterocycles. The summed E-state index contributed by atoms with van der Waals surface area (Å²) in [4.78, 5) is 32.3. The Balaban J connectivity index is 1.34. The summed E-state index contributed by atoms with van der Waals surface area (Å²) < 4.78 is 27.9. The summed E-state index contributed by atoms with van der Waals surface area (Å²) in [5.74, 6) is 2.18. The fourth-order valence-corrected chi connectivity index (χ4v) is 6.21. The largest absolute Gasteiger partial charge is 0.496 e. The van der Waals surface area contributed by atoms with Crippen LogP contribution in [-0.2, 0) is 17.8 Å². The molecule has 0 aliphatic heterocycles. The van der Waals surface area contributed by atoms with Gasteiger partial charge in [0.05, 0.1) is 40.7 Å². The Kier molecular flexibility index (Phi) is 15.3. The Morgan fingerprint density at radius 1 is 0.627 bits per heavy atom. The molecule has 0 radical (unpaired) electrons. The van der Waals surface area contributed by atoms with Gasteiger partial charge in [0.1, 0.15) is 11.5 Å². The zero-order valence-electron chi connectivity index (χ0n) is 34.7. The smallest absolute Gasteiger partial charge is 0.238 e. The molecular weight excluding hydrogens is 747 g/mol. The Morgan fingerprint density at radius 2 is 1.25 bits per heavy atom. The molecule has 3 N–H and O–H groups in total. The highest BCUT2D eigenvalue weighted by Crippen LogP contribution is 2.40. The van der Waals surface area contributed by atoms with E-state index in [2.05, 4.69) is 23.0 Å².